The van der Waals surface area contributed by atoms with Gasteiger partial charge in [-0.3, -0.25) is 10.4 Å². The van der Waals surface area contributed by atoms with Gasteiger partial charge in [-0.1, -0.05) is 20.8 Å². The molecule has 1 heterocycles. The van der Waals surface area contributed by atoms with Crippen molar-refractivity contribution in [1.82, 2.24) is 4.98 Å². The first-order chi connectivity index (χ1) is 6.40. The highest BCUT2D eigenvalue weighted by molar-refractivity contribution is 8.00. The number of hydrogen-bond donors (Lipinski definition) is 2. The fourth-order valence-corrected chi connectivity index (χ4v) is 2.07. The SMILES string of the molecule is CC(C)(C)Sc1cccnc1C(=N)N. The molecule has 0 atom stereocenters. The Bertz CT molecular complexity index is 341. The molecule has 14 heavy (non-hydrogen) atoms. The van der Waals surface area contributed by atoms with Crippen LogP contribution in [0.1, 0.15) is 26.5 Å². The Hall–Kier alpha value is -1.03. The number of nitrogens with one attached hydrogen (secondary N) is 1. The Morgan fingerprint density at radius 1 is 1.50 bits per heavy atom. The summed E-state index contributed by atoms with van der Waals surface area (Å²) in [6.07, 6.45) is 1.66. The Morgan fingerprint density at radius 2 is 2.14 bits per heavy atom. The van der Waals surface area contributed by atoms with E-state index in [4.69, 9.17) is 11.1 Å². The first-order valence-corrected chi connectivity index (χ1v) is 5.20. The predicted octanol–water partition coefficient (Wildman–Crippen LogP) is 2.26. The highest BCUT2D eigenvalue weighted by Crippen LogP contribution is 2.32. The largest absolute Gasteiger partial charge is 0.382 e. The molecule has 3 N–H and O–H groups in total. The third kappa shape index (κ3) is 3.03. The van der Waals surface area contributed by atoms with Crippen LogP contribution in [0.4, 0.5) is 0 Å². The van der Waals surface area contributed by atoms with Gasteiger partial charge in [-0.25, -0.2) is 0 Å². The Kier molecular flexibility index (Phi) is 3.16. The molecule has 0 fully saturated rings. The van der Waals surface area contributed by atoms with Gasteiger partial charge in [0.2, 0.25) is 0 Å². The smallest absolute Gasteiger partial charge is 0.142 e. The molecule has 0 spiro atoms. The Labute approximate surface area is 88.6 Å². The van der Waals surface area contributed by atoms with Crippen LogP contribution in [0.25, 0.3) is 0 Å². The lowest BCUT2D eigenvalue weighted by atomic mass is 10.3. The molecule has 0 radical (unpaired) electrons. The summed E-state index contributed by atoms with van der Waals surface area (Å²) in [6.45, 7) is 6.36. The van der Waals surface area contributed by atoms with E-state index in [-0.39, 0.29) is 10.6 Å². The van der Waals surface area contributed by atoms with Crippen molar-refractivity contribution in [2.75, 3.05) is 0 Å². The van der Waals surface area contributed by atoms with Crippen LogP contribution in [0.15, 0.2) is 23.2 Å². The van der Waals surface area contributed by atoms with E-state index >= 15 is 0 Å². The third-order valence-electron chi connectivity index (χ3n) is 1.44. The van der Waals surface area contributed by atoms with Crippen molar-refractivity contribution in [2.45, 2.75) is 30.4 Å². The molecular weight excluding hydrogens is 194 g/mol. The van der Waals surface area contributed by atoms with Gasteiger partial charge < -0.3 is 5.73 Å². The lowest BCUT2D eigenvalue weighted by Crippen LogP contribution is -2.16. The molecule has 1 aromatic heterocycles. The lowest BCUT2D eigenvalue weighted by Gasteiger charge is -2.18. The van der Waals surface area contributed by atoms with Gasteiger partial charge in [0.1, 0.15) is 11.5 Å². The maximum Gasteiger partial charge on any atom is 0.142 e. The van der Waals surface area contributed by atoms with E-state index in [1.165, 1.54) is 0 Å². The monoisotopic (exact) mass is 209 g/mol. The summed E-state index contributed by atoms with van der Waals surface area (Å²) < 4.78 is 0.104. The van der Waals surface area contributed by atoms with Gasteiger partial charge >= 0.3 is 0 Å². The van der Waals surface area contributed by atoms with Gasteiger partial charge in [-0.15, -0.1) is 11.8 Å². The van der Waals surface area contributed by atoms with Gasteiger partial charge in [0.25, 0.3) is 0 Å². The number of rotatable bonds is 2. The molecule has 0 aliphatic rings. The first-order valence-electron chi connectivity index (χ1n) is 4.38. The van der Waals surface area contributed by atoms with Crippen molar-refractivity contribution < 1.29 is 0 Å². The van der Waals surface area contributed by atoms with E-state index in [1.54, 1.807) is 18.0 Å². The second-order valence-electron chi connectivity index (χ2n) is 3.98. The van der Waals surface area contributed by atoms with E-state index < -0.39 is 0 Å². The molecule has 76 valence electrons. The van der Waals surface area contributed by atoms with Crippen LogP contribution < -0.4 is 5.73 Å². The van der Waals surface area contributed by atoms with Gasteiger partial charge in [-0.05, 0) is 12.1 Å². The van der Waals surface area contributed by atoms with Crippen LogP contribution in [0.2, 0.25) is 0 Å². The number of nitrogens with two attached hydrogens (primary N) is 1. The van der Waals surface area contributed by atoms with Gasteiger partial charge in [-0.2, -0.15) is 0 Å². The fourth-order valence-electron chi connectivity index (χ4n) is 1.01. The van der Waals surface area contributed by atoms with Crippen molar-refractivity contribution in [3.05, 3.63) is 24.0 Å². The quantitative estimate of drug-likeness (QED) is 0.446. The summed E-state index contributed by atoms with van der Waals surface area (Å²) in [4.78, 5) is 5.06. The maximum atomic E-state index is 7.39. The number of hydrogen-bond acceptors (Lipinski definition) is 3. The standard InChI is InChI=1S/C10H15N3S/c1-10(2,3)14-7-5-4-6-13-8(7)9(11)12/h4-6H,1-3H3,(H3,11,12). The summed E-state index contributed by atoms with van der Waals surface area (Å²) in [5, 5.41) is 7.39. The molecule has 1 aromatic rings. The van der Waals surface area contributed by atoms with E-state index in [2.05, 4.69) is 25.8 Å². The number of thioether (sulfide) groups is 1. The van der Waals surface area contributed by atoms with Gasteiger partial charge in [0.05, 0.1) is 0 Å². The summed E-state index contributed by atoms with van der Waals surface area (Å²) in [7, 11) is 0. The van der Waals surface area contributed by atoms with Crippen LogP contribution in [0.3, 0.4) is 0 Å². The first kappa shape index (κ1) is 11.0. The molecule has 1 rings (SSSR count). The van der Waals surface area contributed by atoms with Crippen LogP contribution in [0.5, 0.6) is 0 Å². The van der Waals surface area contributed by atoms with E-state index in [9.17, 15) is 0 Å². The van der Waals surface area contributed by atoms with Crippen LogP contribution in [-0.4, -0.2) is 15.6 Å². The van der Waals surface area contributed by atoms with Crippen molar-refractivity contribution in [1.29, 1.82) is 5.41 Å². The number of pyridine rings is 1. The molecule has 0 bridgehead atoms. The predicted molar refractivity (Wildman–Crippen MR) is 60.9 cm³/mol. The molecule has 3 nitrogen and oxygen atoms in total. The van der Waals surface area contributed by atoms with Crippen LogP contribution in [-0.2, 0) is 0 Å². The van der Waals surface area contributed by atoms with Crippen molar-refractivity contribution >= 4 is 17.6 Å². The van der Waals surface area contributed by atoms with Crippen LogP contribution in [0, 0.1) is 5.41 Å². The van der Waals surface area contributed by atoms with Gasteiger partial charge in [0, 0.05) is 15.8 Å². The highest BCUT2D eigenvalue weighted by Gasteiger charge is 2.16. The van der Waals surface area contributed by atoms with Crippen LogP contribution >= 0.6 is 11.8 Å². The van der Waals surface area contributed by atoms with Crippen molar-refractivity contribution in [2.24, 2.45) is 5.73 Å². The zero-order valence-electron chi connectivity index (χ0n) is 8.66. The van der Waals surface area contributed by atoms with E-state index in [1.807, 2.05) is 12.1 Å². The molecule has 0 aromatic carbocycles. The molecule has 0 aliphatic carbocycles. The molecule has 0 saturated carbocycles. The number of aromatic nitrogens is 1. The van der Waals surface area contributed by atoms with E-state index in [0.29, 0.717) is 5.69 Å². The Morgan fingerprint density at radius 3 is 2.64 bits per heavy atom. The molecule has 0 amide bonds. The average molecular weight is 209 g/mol. The van der Waals surface area contributed by atoms with E-state index in [0.717, 1.165) is 4.90 Å². The molecule has 0 saturated heterocycles. The zero-order chi connectivity index (χ0) is 10.8. The summed E-state index contributed by atoms with van der Waals surface area (Å²) in [6, 6.07) is 3.81. The Balaban J connectivity index is 3.02. The summed E-state index contributed by atoms with van der Waals surface area (Å²) in [5.41, 5.74) is 6.02. The van der Waals surface area contributed by atoms with Crippen molar-refractivity contribution in [3.63, 3.8) is 0 Å². The second kappa shape index (κ2) is 4.00. The molecule has 0 aliphatic heterocycles. The minimum atomic E-state index is 0.0253. The summed E-state index contributed by atoms with van der Waals surface area (Å²) in [5.74, 6) is 0.0253. The zero-order valence-corrected chi connectivity index (χ0v) is 9.48. The second-order valence-corrected chi connectivity index (χ2v) is 5.85. The normalized spacial score (nSPS) is 11.4. The topological polar surface area (TPSA) is 62.8 Å². The van der Waals surface area contributed by atoms with Gasteiger partial charge in [0.15, 0.2) is 0 Å². The maximum absolute atomic E-state index is 7.39. The molecule has 0 unspecified atom stereocenters. The lowest BCUT2D eigenvalue weighted by molar-refractivity contribution is 0.802. The third-order valence-corrected chi connectivity index (χ3v) is 2.60. The fraction of sp³-hybridized carbons (Fsp3) is 0.400. The average Bonchev–Trinajstić information content (AvgIpc) is 2.01. The minimum absolute atomic E-state index is 0.0253. The minimum Gasteiger partial charge on any atom is -0.382 e. The highest BCUT2D eigenvalue weighted by atomic mass is 32.2. The number of nitrogen functional groups attached to an aromatic ring is 1. The van der Waals surface area contributed by atoms with Crippen molar-refractivity contribution in [3.8, 4) is 0 Å². The summed E-state index contributed by atoms with van der Waals surface area (Å²) >= 11 is 1.67. The number of nitrogens with zero attached hydrogens (tertiary/aromatic N) is 1. The number of amidine groups is 1. The molecular formula is C10H15N3S. The molecule has 4 heteroatoms.